The number of carbonyl (C=O) groups excluding carboxylic acids is 1. The Bertz CT molecular complexity index is 348. The second-order valence-corrected chi connectivity index (χ2v) is 2.44. The van der Waals surface area contributed by atoms with Gasteiger partial charge in [0.25, 0.3) is 0 Å². The van der Waals surface area contributed by atoms with Crippen molar-refractivity contribution in [2.24, 2.45) is 5.73 Å². The Kier molecular flexibility index (Phi) is 2.49. The van der Waals surface area contributed by atoms with Gasteiger partial charge in [-0.3, -0.25) is 0 Å². The van der Waals surface area contributed by atoms with Crippen molar-refractivity contribution >= 4 is 23.6 Å². The Labute approximate surface area is 75.2 Å². The third kappa shape index (κ3) is 1.96. The number of rotatable bonds is 2. The molecule has 0 heterocycles. The van der Waals surface area contributed by atoms with Crippen LogP contribution in [0.1, 0.15) is 5.56 Å². The molecule has 0 radical (unpaired) electrons. The molecule has 6 N–H and O–H groups in total. The molecule has 0 aliphatic rings. The van der Waals surface area contributed by atoms with Gasteiger partial charge in [-0.1, -0.05) is 6.07 Å². The van der Waals surface area contributed by atoms with Gasteiger partial charge < -0.3 is 22.2 Å². The Balaban J connectivity index is 3.12. The lowest BCUT2D eigenvalue weighted by atomic mass is 10.1. The lowest BCUT2D eigenvalue weighted by Gasteiger charge is -2.07. The van der Waals surface area contributed by atoms with E-state index in [1.807, 2.05) is 0 Å². The quantitative estimate of drug-likeness (QED) is 0.396. The van der Waals surface area contributed by atoms with Gasteiger partial charge in [-0.25, -0.2) is 4.79 Å². The third-order valence-corrected chi connectivity index (χ3v) is 1.54. The Morgan fingerprint density at radius 2 is 2.23 bits per heavy atom. The summed E-state index contributed by atoms with van der Waals surface area (Å²) in [5.74, 6) is 0. The van der Waals surface area contributed by atoms with E-state index in [9.17, 15) is 4.79 Å². The lowest BCUT2D eigenvalue weighted by Crippen LogP contribution is -2.20. The van der Waals surface area contributed by atoms with Crippen LogP contribution < -0.4 is 16.8 Å². The second-order valence-electron chi connectivity index (χ2n) is 2.44. The third-order valence-electron chi connectivity index (χ3n) is 1.54. The minimum absolute atomic E-state index is 0.432. The molecule has 68 valence electrons. The summed E-state index contributed by atoms with van der Waals surface area (Å²) < 4.78 is 0. The van der Waals surface area contributed by atoms with Gasteiger partial charge in [0.2, 0.25) is 0 Å². The highest BCUT2D eigenvalue weighted by atomic mass is 16.2. The number of amides is 2. The average Bonchev–Trinajstić information content (AvgIpc) is 2.03. The molecule has 0 fully saturated rings. The van der Waals surface area contributed by atoms with Crippen molar-refractivity contribution in [1.29, 1.82) is 5.41 Å². The smallest absolute Gasteiger partial charge is 0.316 e. The van der Waals surface area contributed by atoms with Gasteiger partial charge in [-0.15, -0.1) is 0 Å². The number of hydrogen-bond donors (Lipinski definition) is 4. The van der Waals surface area contributed by atoms with E-state index in [0.29, 0.717) is 16.9 Å². The summed E-state index contributed by atoms with van der Waals surface area (Å²) in [5.41, 5.74) is 11.8. The van der Waals surface area contributed by atoms with Crippen molar-refractivity contribution in [2.75, 3.05) is 11.1 Å². The highest BCUT2D eigenvalue weighted by molar-refractivity contribution is 5.98. The van der Waals surface area contributed by atoms with Gasteiger partial charge in [0.15, 0.2) is 0 Å². The number of nitrogen functional groups attached to an aromatic ring is 1. The number of carbonyl (C=O) groups is 1. The van der Waals surface area contributed by atoms with Crippen molar-refractivity contribution in [1.82, 2.24) is 0 Å². The standard InChI is InChI=1S/C8H10N4O/c9-4-5-6(10)2-1-3-7(5)12-8(11)13/h1-4,9H,10H2,(H3,11,12,13). The number of primary amides is 1. The van der Waals surface area contributed by atoms with Crippen molar-refractivity contribution in [2.45, 2.75) is 0 Å². The summed E-state index contributed by atoms with van der Waals surface area (Å²) in [6.45, 7) is 0. The first-order valence-corrected chi connectivity index (χ1v) is 3.60. The van der Waals surface area contributed by atoms with Crippen LogP contribution in [0.3, 0.4) is 0 Å². The van der Waals surface area contributed by atoms with Gasteiger partial charge >= 0.3 is 6.03 Å². The van der Waals surface area contributed by atoms with E-state index in [1.54, 1.807) is 18.2 Å². The van der Waals surface area contributed by atoms with E-state index < -0.39 is 6.03 Å². The van der Waals surface area contributed by atoms with Crippen LogP contribution in [-0.4, -0.2) is 12.2 Å². The van der Waals surface area contributed by atoms with Gasteiger partial charge in [-0.2, -0.15) is 0 Å². The summed E-state index contributed by atoms with van der Waals surface area (Å²) in [6.07, 6.45) is 1.07. The largest absolute Gasteiger partial charge is 0.398 e. The molecule has 5 nitrogen and oxygen atoms in total. The molecule has 0 aromatic heterocycles. The van der Waals surface area contributed by atoms with Crippen molar-refractivity contribution in [3.63, 3.8) is 0 Å². The highest BCUT2D eigenvalue weighted by Crippen LogP contribution is 2.19. The first-order valence-electron chi connectivity index (χ1n) is 3.60. The SMILES string of the molecule is N=Cc1c(N)cccc1NC(N)=O. The fourth-order valence-corrected chi connectivity index (χ4v) is 0.986. The van der Waals surface area contributed by atoms with Crippen molar-refractivity contribution < 1.29 is 4.79 Å². The van der Waals surface area contributed by atoms with Crippen LogP contribution >= 0.6 is 0 Å². The topological polar surface area (TPSA) is 105 Å². The predicted molar refractivity (Wildman–Crippen MR) is 51.9 cm³/mol. The van der Waals surface area contributed by atoms with Crippen LogP contribution in [0.15, 0.2) is 18.2 Å². The van der Waals surface area contributed by atoms with Crippen LogP contribution in [0.25, 0.3) is 0 Å². The maximum atomic E-state index is 10.5. The summed E-state index contributed by atoms with van der Waals surface area (Å²) in [4.78, 5) is 10.5. The minimum Gasteiger partial charge on any atom is -0.398 e. The molecule has 13 heavy (non-hydrogen) atoms. The average molecular weight is 178 g/mol. The van der Waals surface area contributed by atoms with Gasteiger partial charge in [-0.05, 0) is 12.1 Å². The number of hydrogen-bond acceptors (Lipinski definition) is 3. The van der Waals surface area contributed by atoms with E-state index in [-0.39, 0.29) is 0 Å². The molecule has 0 spiro atoms. The van der Waals surface area contributed by atoms with Gasteiger partial charge in [0, 0.05) is 17.5 Å². The van der Waals surface area contributed by atoms with Crippen molar-refractivity contribution in [3.05, 3.63) is 23.8 Å². The van der Waals surface area contributed by atoms with E-state index in [1.165, 1.54) is 0 Å². The number of nitrogens with one attached hydrogen (secondary N) is 2. The lowest BCUT2D eigenvalue weighted by molar-refractivity contribution is 0.259. The Hall–Kier alpha value is -2.04. The van der Waals surface area contributed by atoms with Gasteiger partial charge in [0.05, 0.1) is 5.69 Å². The molecule has 0 saturated heterocycles. The minimum atomic E-state index is -0.672. The monoisotopic (exact) mass is 178 g/mol. The summed E-state index contributed by atoms with van der Waals surface area (Å²) in [7, 11) is 0. The van der Waals surface area contributed by atoms with E-state index in [0.717, 1.165) is 6.21 Å². The summed E-state index contributed by atoms with van der Waals surface area (Å²) in [6, 6.07) is 4.27. The molecular weight excluding hydrogens is 168 g/mol. The molecule has 1 aromatic rings. The molecule has 1 rings (SSSR count). The molecule has 1 aromatic carbocycles. The second kappa shape index (κ2) is 3.57. The molecular formula is C8H10N4O. The first kappa shape index (κ1) is 9.05. The number of anilines is 2. The highest BCUT2D eigenvalue weighted by Gasteiger charge is 2.04. The predicted octanol–water partition coefficient (Wildman–Crippen LogP) is 0.757. The number of nitrogens with two attached hydrogens (primary N) is 2. The zero-order valence-corrected chi connectivity index (χ0v) is 6.87. The van der Waals surface area contributed by atoms with Gasteiger partial charge in [0.1, 0.15) is 0 Å². The maximum absolute atomic E-state index is 10.5. The maximum Gasteiger partial charge on any atom is 0.316 e. The Morgan fingerprint density at radius 1 is 1.54 bits per heavy atom. The molecule has 0 aliphatic heterocycles. The summed E-state index contributed by atoms with van der Waals surface area (Å²) >= 11 is 0. The van der Waals surface area contributed by atoms with E-state index in [4.69, 9.17) is 16.9 Å². The molecule has 0 atom stereocenters. The fraction of sp³-hybridized carbons (Fsp3) is 0. The van der Waals surface area contributed by atoms with Crippen LogP contribution in [0.2, 0.25) is 0 Å². The molecule has 0 saturated carbocycles. The summed E-state index contributed by atoms with van der Waals surface area (Å²) in [5, 5.41) is 9.45. The zero-order valence-electron chi connectivity index (χ0n) is 6.87. The molecule has 0 aliphatic carbocycles. The zero-order chi connectivity index (χ0) is 9.84. The normalized spacial score (nSPS) is 9.23. The number of benzene rings is 1. The van der Waals surface area contributed by atoms with Crippen LogP contribution in [0.4, 0.5) is 16.2 Å². The van der Waals surface area contributed by atoms with Crippen molar-refractivity contribution in [3.8, 4) is 0 Å². The molecule has 5 heteroatoms. The number of urea groups is 1. The van der Waals surface area contributed by atoms with Crippen LogP contribution in [0, 0.1) is 5.41 Å². The van der Waals surface area contributed by atoms with Crippen LogP contribution in [-0.2, 0) is 0 Å². The molecule has 2 amide bonds. The van der Waals surface area contributed by atoms with Crippen LogP contribution in [0.5, 0.6) is 0 Å². The Morgan fingerprint density at radius 3 is 2.77 bits per heavy atom. The van der Waals surface area contributed by atoms with E-state index >= 15 is 0 Å². The molecule has 0 bridgehead atoms. The molecule has 0 unspecified atom stereocenters. The first-order chi connectivity index (χ1) is 6.15. The fourth-order valence-electron chi connectivity index (χ4n) is 0.986. The van der Waals surface area contributed by atoms with E-state index in [2.05, 4.69) is 5.32 Å².